The molecule has 4 N–H and O–H groups in total. The Balaban J connectivity index is 1.06. The Hall–Kier alpha value is -3.70. The molecular weight excluding hydrogens is 600 g/mol. The number of hydrogen-bond donors (Lipinski definition) is 4. The number of carbonyl (C=O) groups excluding carboxylic acids is 1. The highest BCUT2D eigenvalue weighted by molar-refractivity contribution is 7.16. The predicted molar refractivity (Wildman–Crippen MR) is 184 cm³/mol. The first-order valence-corrected chi connectivity index (χ1v) is 17.1. The standard InChI is InChI=1S/C36H46N4O5S/c1-3-40(22-19-37-18-13-27-10-12-31(42)33-34(27)46-35(44)38-33)32(43)15-24-45-23-14-26-9-11-30(41)29(25-26)36(16-20-39(2)21-17-36)28-7-5-4-6-8-28/h4-12,25,37,41-42H,3,13-24H2,1-2H3,(H,38,44). The fourth-order valence-corrected chi connectivity index (χ4v) is 7.39. The Morgan fingerprint density at radius 2 is 1.78 bits per heavy atom. The lowest BCUT2D eigenvalue weighted by atomic mass is 9.67. The molecule has 4 aromatic rings. The maximum atomic E-state index is 12.9. The van der Waals surface area contributed by atoms with Crippen molar-refractivity contribution in [3.63, 3.8) is 0 Å². The van der Waals surface area contributed by atoms with Crippen molar-refractivity contribution in [3.8, 4) is 11.5 Å². The Labute approximate surface area is 274 Å². The summed E-state index contributed by atoms with van der Waals surface area (Å²) in [4.78, 5) is 31.3. The van der Waals surface area contributed by atoms with Crippen LogP contribution in [0.5, 0.6) is 11.5 Å². The molecule has 5 rings (SSSR count). The number of piperidine rings is 1. The summed E-state index contributed by atoms with van der Waals surface area (Å²) >= 11 is 1.11. The lowest BCUT2D eigenvalue weighted by Crippen LogP contribution is -2.41. The number of ether oxygens (including phenoxy) is 1. The van der Waals surface area contributed by atoms with Gasteiger partial charge in [0.05, 0.1) is 24.3 Å². The van der Waals surface area contributed by atoms with Gasteiger partial charge in [0, 0.05) is 30.6 Å². The summed E-state index contributed by atoms with van der Waals surface area (Å²) < 4.78 is 6.69. The number of hydrogen-bond acceptors (Lipinski definition) is 8. The molecule has 9 nitrogen and oxygen atoms in total. The first-order chi connectivity index (χ1) is 22.3. The summed E-state index contributed by atoms with van der Waals surface area (Å²) in [6, 6.07) is 19.9. The van der Waals surface area contributed by atoms with Crippen LogP contribution in [0.25, 0.3) is 10.2 Å². The Morgan fingerprint density at radius 3 is 2.54 bits per heavy atom. The van der Waals surface area contributed by atoms with Gasteiger partial charge in [-0.15, -0.1) is 0 Å². The Morgan fingerprint density at radius 1 is 1.02 bits per heavy atom. The van der Waals surface area contributed by atoms with Gasteiger partial charge in [0.2, 0.25) is 5.91 Å². The van der Waals surface area contributed by atoms with Gasteiger partial charge in [-0.3, -0.25) is 9.59 Å². The molecule has 1 amide bonds. The van der Waals surface area contributed by atoms with Gasteiger partial charge < -0.3 is 35.1 Å². The van der Waals surface area contributed by atoms with E-state index in [0.717, 1.165) is 58.7 Å². The van der Waals surface area contributed by atoms with E-state index in [0.29, 0.717) is 69.9 Å². The lowest BCUT2D eigenvalue weighted by Gasteiger charge is -2.42. The highest BCUT2D eigenvalue weighted by Crippen LogP contribution is 2.45. The zero-order valence-electron chi connectivity index (χ0n) is 26.9. The minimum absolute atomic E-state index is 0.0700. The van der Waals surface area contributed by atoms with Crippen LogP contribution < -0.4 is 10.2 Å². The fraction of sp³-hybridized carbons (Fsp3) is 0.444. The van der Waals surface area contributed by atoms with Crippen LogP contribution >= 0.6 is 11.3 Å². The second kappa shape index (κ2) is 15.7. The zero-order valence-corrected chi connectivity index (χ0v) is 27.7. The first kappa shape index (κ1) is 33.7. The Bertz CT molecular complexity index is 1650. The number of carbonyl (C=O) groups is 1. The van der Waals surface area contributed by atoms with Crippen LogP contribution in [-0.2, 0) is 27.8 Å². The maximum absolute atomic E-state index is 12.9. The summed E-state index contributed by atoms with van der Waals surface area (Å²) in [5.41, 5.74) is 4.63. The molecule has 0 spiro atoms. The molecule has 246 valence electrons. The molecule has 1 aliphatic rings. The SMILES string of the molecule is CCN(CCNCCc1ccc(O)c2[nH]c(=O)sc12)C(=O)CCOCCc1ccc(O)c(C2(c3ccccc3)CCN(C)CC2)c1. The van der Waals surface area contributed by atoms with Crippen molar-refractivity contribution in [2.45, 2.75) is 44.4 Å². The van der Waals surface area contributed by atoms with Crippen LogP contribution in [-0.4, -0.2) is 90.4 Å². The lowest BCUT2D eigenvalue weighted by molar-refractivity contribution is -0.132. The van der Waals surface area contributed by atoms with Crippen LogP contribution in [0.15, 0.2) is 65.5 Å². The summed E-state index contributed by atoms with van der Waals surface area (Å²) in [6.07, 6.45) is 3.65. The number of nitrogens with one attached hydrogen (secondary N) is 2. The van der Waals surface area contributed by atoms with Crippen LogP contribution in [0.3, 0.4) is 0 Å². The van der Waals surface area contributed by atoms with Crippen molar-refractivity contribution in [3.05, 3.63) is 92.6 Å². The topological polar surface area (TPSA) is 118 Å². The maximum Gasteiger partial charge on any atom is 0.305 e. The number of benzene rings is 3. The third kappa shape index (κ3) is 7.98. The number of amides is 1. The number of aromatic hydroxyl groups is 2. The fourth-order valence-electron chi connectivity index (χ4n) is 6.49. The molecule has 1 aliphatic heterocycles. The number of H-pyrrole nitrogens is 1. The number of phenols is 2. The monoisotopic (exact) mass is 646 g/mol. The van der Waals surface area contributed by atoms with Crippen LogP contribution in [0.4, 0.5) is 0 Å². The van der Waals surface area contributed by atoms with Crippen molar-refractivity contribution in [2.75, 3.05) is 59.5 Å². The minimum atomic E-state index is -0.220. The van der Waals surface area contributed by atoms with Crippen molar-refractivity contribution >= 4 is 27.5 Å². The van der Waals surface area contributed by atoms with E-state index in [-0.39, 0.29) is 21.9 Å². The number of nitrogens with zero attached hydrogens (tertiary/aromatic N) is 2. The molecule has 0 atom stereocenters. The molecule has 1 aromatic heterocycles. The van der Waals surface area contributed by atoms with E-state index in [9.17, 15) is 19.8 Å². The van der Waals surface area contributed by atoms with E-state index in [1.807, 2.05) is 36.1 Å². The predicted octanol–water partition coefficient (Wildman–Crippen LogP) is 4.64. The van der Waals surface area contributed by atoms with E-state index in [2.05, 4.69) is 52.6 Å². The summed E-state index contributed by atoms with van der Waals surface area (Å²) in [5, 5.41) is 24.4. The van der Waals surface area contributed by atoms with Crippen LogP contribution in [0, 0.1) is 0 Å². The summed E-state index contributed by atoms with van der Waals surface area (Å²) in [7, 11) is 2.15. The largest absolute Gasteiger partial charge is 0.508 e. The number of thiazole rings is 1. The van der Waals surface area contributed by atoms with Crippen molar-refractivity contribution in [2.24, 2.45) is 0 Å². The molecular formula is C36H46N4O5S. The average Bonchev–Trinajstić information content (AvgIpc) is 3.47. The molecule has 0 bridgehead atoms. The highest BCUT2D eigenvalue weighted by Gasteiger charge is 2.39. The number of rotatable bonds is 15. The Kier molecular flexibility index (Phi) is 11.5. The van der Waals surface area contributed by atoms with Gasteiger partial charge in [-0.05, 0) is 88.1 Å². The number of phenolic OH excluding ortho intramolecular Hbond substituents is 2. The molecule has 1 fully saturated rings. The molecule has 0 saturated carbocycles. The quantitative estimate of drug-likeness (QED) is 0.139. The molecule has 3 aromatic carbocycles. The van der Waals surface area contributed by atoms with Gasteiger partial charge in [-0.1, -0.05) is 59.9 Å². The van der Waals surface area contributed by atoms with Crippen molar-refractivity contribution < 1.29 is 19.7 Å². The third-order valence-corrected chi connectivity index (χ3v) is 10.2. The molecule has 0 radical (unpaired) electrons. The van der Waals surface area contributed by atoms with Crippen LogP contribution in [0.1, 0.15) is 48.4 Å². The summed E-state index contributed by atoms with van der Waals surface area (Å²) in [6.45, 7) is 7.40. The number of likely N-dealkylation sites (N-methyl/N-ethyl adjacent to an activating group) is 1. The number of fused-ring (bicyclic) bond motifs is 1. The normalized spacial score (nSPS) is 14.9. The average molecular weight is 647 g/mol. The molecule has 0 unspecified atom stereocenters. The minimum Gasteiger partial charge on any atom is -0.508 e. The van der Waals surface area contributed by atoms with Gasteiger partial charge >= 0.3 is 4.87 Å². The smallest absolute Gasteiger partial charge is 0.305 e. The van der Waals surface area contributed by atoms with Crippen molar-refractivity contribution in [1.82, 2.24) is 20.1 Å². The number of aromatic nitrogens is 1. The highest BCUT2D eigenvalue weighted by atomic mass is 32.1. The summed E-state index contributed by atoms with van der Waals surface area (Å²) in [5.74, 6) is 0.496. The van der Waals surface area contributed by atoms with Gasteiger partial charge in [0.25, 0.3) is 0 Å². The van der Waals surface area contributed by atoms with Crippen LogP contribution in [0.2, 0.25) is 0 Å². The molecule has 1 saturated heterocycles. The van der Waals surface area contributed by atoms with E-state index in [1.165, 1.54) is 5.56 Å². The van der Waals surface area contributed by atoms with Gasteiger partial charge in [0.1, 0.15) is 17.0 Å². The third-order valence-electron chi connectivity index (χ3n) is 9.24. The number of likely N-dealkylation sites (tertiary alicyclic amines) is 1. The molecule has 2 heterocycles. The molecule has 10 heteroatoms. The second-order valence-electron chi connectivity index (χ2n) is 12.2. The van der Waals surface area contributed by atoms with E-state index in [1.54, 1.807) is 6.07 Å². The first-order valence-electron chi connectivity index (χ1n) is 16.3. The van der Waals surface area contributed by atoms with E-state index >= 15 is 0 Å². The molecule has 46 heavy (non-hydrogen) atoms. The van der Waals surface area contributed by atoms with Gasteiger partial charge in [-0.25, -0.2) is 0 Å². The van der Waals surface area contributed by atoms with E-state index < -0.39 is 0 Å². The van der Waals surface area contributed by atoms with Gasteiger partial charge in [-0.2, -0.15) is 0 Å². The number of aromatic amines is 1. The van der Waals surface area contributed by atoms with Crippen molar-refractivity contribution in [1.29, 1.82) is 0 Å². The van der Waals surface area contributed by atoms with Gasteiger partial charge in [0.15, 0.2) is 0 Å². The van der Waals surface area contributed by atoms with E-state index in [4.69, 9.17) is 4.74 Å². The zero-order chi connectivity index (χ0) is 32.5. The molecule has 0 aliphatic carbocycles. The second-order valence-corrected chi connectivity index (χ2v) is 13.1.